The molecule has 0 radical (unpaired) electrons. The van der Waals surface area contributed by atoms with Crippen molar-refractivity contribution in [2.75, 3.05) is 12.3 Å². The molecule has 2 fully saturated rings. The maximum Gasteiger partial charge on any atom is 0.351 e. The molecule has 2 aliphatic heterocycles. The van der Waals surface area contributed by atoms with E-state index in [1.54, 1.807) is 12.3 Å². The SMILES string of the molecule is CC(C)[Si]1(C(C)C)OC2C(CO)OC(n3ccc(N)nc3=O)C2O[Si](C(C)C)(C(C)C)O1. The highest BCUT2D eigenvalue weighted by atomic mass is 28.5. The molecule has 3 rings (SSSR count). The molecular formula is C21H39N3O6Si2. The fourth-order valence-electron chi connectivity index (χ4n) is 5.04. The first-order valence-electron chi connectivity index (χ1n) is 11.6. The highest BCUT2D eigenvalue weighted by Crippen LogP contribution is 2.51. The quantitative estimate of drug-likeness (QED) is 0.590. The Balaban J connectivity index is 2.21. The third kappa shape index (κ3) is 4.12. The molecule has 2 saturated heterocycles. The van der Waals surface area contributed by atoms with E-state index in [1.807, 2.05) is 0 Å². The summed E-state index contributed by atoms with van der Waals surface area (Å²) in [4.78, 5) is 16.5. The highest BCUT2D eigenvalue weighted by Gasteiger charge is 2.64. The summed E-state index contributed by atoms with van der Waals surface area (Å²) in [5, 5.41) is 10.2. The van der Waals surface area contributed by atoms with Crippen LogP contribution in [0.3, 0.4) is 0 Å². The van der Waals surface area contributed by atoms with Crippen molar-refractivity contribution in [1.29, 1.82) is 0 Å². The summed E-state index contributed by atoms with van der Waals surface area (Å²) < 4.78 is 28.6. The van der Waals surface area contributed by atoms with Crippen molar-refractivity contribution in [3.8, 4) is 0 Å². The Kier molecular flexibility index (Phi) is 7.40. The van der Waals surface area contributed by atoms with Crippen molar-refractivity contribution >= 4 is 22.9 Å². The third-order valence-electron chi connectivity index (χ3n) is 6.77. The van der Waals surface area contributed by atoms with Gasteiger partial charge in [-0.2, -0.15) is 4.98 Å². The van der Waals surface area contributed by atoms with Crippen LogP contribution in [0.4, 0.5) is 5.82 Å². The molecule has 1 aromatic rings. The van der Waals surface area contributed by atoms with Crippen LogP contribution in [0.25, 0.3) is 0 Å². The second-order valence-corrected chi connectivity index (χ2v) is 18.9. The highest BCUT2D eigenvalue weighted by molar-refractivity contribution is 6.84. The summed E-state index contributed by atoms with van der Waals surface area (Å²) in [5.74, 6) is 0.139. The van der Waals surface area contributed by atoms with E-state index in [4.69, 9.17) is 23.4 Å². The van der Waals surface area contributed by atoms with Gasteiger partial charge in [0.15, 0.2) is 6.23 Å². The zero-order valence-electron chi connectivity index (χ0n) is 20.4. The molecule has 4 unspecified atom stereocenters. The monoisotopic (exact) mass is 485 g/mol. The minimum atomic E-state index is -2.87. The molecule has 32 heavy (non-hydrogen) atoms. The number of hydrogen-bond acceptors (Lipinski definition) is 8. The van der Waals surface area contributed by atoms with Gasteiger partial charge in [-0.3, -0.25) is 4.57 Å². The third-order valence-corrected chi connectivity index (χ3v) is 17.0. The first-order chi connectivity index (χ1) is 14.9. The van der Waals surface area contributed by atoms with Crippen LogP contribution in [0.2, 0.25) is 22.2 Å². The summed E-state index contributed by atoms with van der Waals surface area (Å²) in [5.41, 5.74) is 5.77. The molecule has 1 aromatic heterocycles. The first kappa shape index (κ1) is 25.5. The molecule has 182 valence electrons. The van der Waals surface area contributed by atoms with E-state index >= 15 is 0 Å². The number of aromatic nitrogens is 2. The Morgan fingerprint density at radius 1 is 1.00 bits per heavy atom. The molecule has 0 bridgehead atoms. The lowest BCUT2D eigenvalue weighted by Gasteiger charge is -2.46. The summed E-state index contributed by atoms with van der Waals surface area (Å²) >= 11 is 0. The number of aliphatic hydroxyl groups excluding tert-OH is 1. The molecular weight excluding hydrogens is 446 g/mol. The van der Waals surface area contributed by atoms with Crippen LogP contribution in [-0.4, -0.2) is 56.7 Å². The summed E-state index contributed by atoms with van der Waals surface area (Å²) in [6, 6.07) is 1.55. The molecule has 0 aromatic carbocycles. The smallest absolute Gasteiger partial charge is 0.351 e. The molecule has 2 aliphatic rings. The van der Waals surface area contributed by atoms with Crippen LogP contribution in [0, 0.1) is 0 Å². The maximum absolute atomic E-state index is 12.7. The van der Waals surface area contributed by atoms with E-state index in [0.29, 0.717) is 0 Å². The summed E-state index contributed by atoms with van der Waals surface area (Å²) in [6.07, 6.45) is -1.05. The van der Waals surface area contributed by atoms with E-state index in [9.17, 15) is 9.90 Å². The van der Waals surface area contributed by atoms with Crippen molar-refractivity contribution in [2.24, 2.45) is 0 Å². The van der Waals surface area contributed by atoms with Crippen LogP contribution in [0.5, 0.6) is 0 Å². The Morgan fingerprint density at radius 3 is 1.94 bits per heavy atom. The fourth-order valence-corrected chi connectivity index (χ4v) is 16.3. The van der Waals surface area contributed by atoms with Crippen molar-refractivity contribution in [1.82, 2.24) is 9.55 Å². The van der Waals surface area contributed by atoms with Crippen molar-refractivity contribution < 1.29 is 22.8 Å². The van der Waals surface area contributed by atoms with Crippen molar-refractivity contribution in [3.05, 3.63) is 22.7 Å². The van der Waals surface area contributed by atoms with Gasteiger partial charge < -0.3 is 28.5 Å². The van der Waals surface area contributed by atoms with Crippen LogP contribution >= 0.6 is 0 Å². The van der Waals surface area contributed by atoms with Gasteiger partial charge in [0.1, 0.15) is 24.1 Å². The van der Waals surface area contributed by atoms with Crippen molar-refractivity contribution in [2.45, 2.75) is 102 Å². The van der Waals surface area contributed by atoms with E-state index in [0.717, 1.165) is 0 Å². The van der Waals surface area contributed by atoms with Crippen LogP contribution in [0.1, 0.15) is 61.6 Å². The number of anilines is 1. The van der Waals surface area contributed by atoms with Crippen LogP contribution in [-0.2, 0) is 17.7 Å². The maximum atomic E-state index is 12.7. The largest absolute Gasteiger partial charge is 0.414 e. The zero-order valence-corrected chi connectivity index (χ0v) is 22.4. The van der Waals surface area contributed by atoms with Gasteiger partial charge in [0, 0.05) is 6.20 Å². The minimum Gasteiger partial charge on any atom is -0.414 e. The standard InChI is InChI=1S/C21H39N3O6Si2/c1-12(2)31(13(3)4)28-18-16(11-25)27-20(24-10-9-17(22)23-21(24)26)19(18)29-32(30-31,14(5)6)15(7)8/h9-10,12-16,18-20,25H,11H2,1-8H3,(H2,22,23,26). The van der Waals surface area contributed by atoms with Gasteiger partial charge in [-0.15, -0.1) is 0 Å². The molecule has 4 atom stereocenters. The lowest BCUT2D eigenvalue weighted by atomic mass is 10.1. The number of ether oxygens (including phenoxy) is 1. The lowest BCUT2D eigenvalue weighted by Crippen LogP contribution is -2.60. The molecule has 3 heterocycles. The second kappa shape index (κ2) is 9.28. The number of rotatable bonds is 6. The molecule has 0 saturated carbocycles. The predicted molar refractivity (Wildman–Crippen MR) is 127 cm³/mol. The molecule has 3 N–H and O–H groups in total. The summed E-state index contributed by atoms with van der Waals surface area (Å²) in [7, 11) is -5.69. The Bertz CT molecular complexity index is 846. The number of hydrogen-bond donors (Lipinski definition) is 2. The molecule has 0 aliphatic carbocycles. The average molecular weight is 486 g/mol. The van der Waals surface area contributed by atoms with Crippen LogP contribution < -0.4 is 11.4 Å². The Labute approximate surface area is 192 Å². The second-order valence-electron chi connectivity index (χ2n) is 10.1. The van der Waals surface area contributed by atoms with Gasteiger partial charge in [-0.25, -0.2) is 4.79 Å². The van der Waals surface area contributed by atoms with Gasteiger partial charge in [-0.05, 0) is 28.2 Å². The first-order valence-corrected chi connectivity index (χ1v) is 15.5. The molecule has 0 amide bonds. The lowest BCUT2D eigenvalue weighted by molar-refractivity contribution is -0.0585. The van der Waals surface area contributed by atoms with Crippen molar-refractivity contribution in [3.63, 3.8) is 0 Å². The fraction of sp³-hybridized carbons (Fsp3) is 0.810. The molecule has 9 nitrogen and oxygen atoms in total. The number of aliphatic hydroxyl groups is 1. The van der Waals surface area contributed by atoms with Gasteiger partial charge in [-0.1, -0.05) is 55.4 Å². The van der Waals surface area contributed by atoms with E-state index < -0.39 is 47.4 Å². The van der Waals surface area contributed by atoms with Gasteiger partial charge >= 0.3 is 22.8 Å². The number of nitrogen functional groups attached to an aromatic ring is 1. The Morgan fingerprint density at radius 2 is 1.50 bits per heavy atom. The molecule has 11 heteroatoms. The van der Waals surface area contributed by atoms with Gasteiger partial charge in [0.05, 0.1) is 6.61 Å². The molecule has 0 spiro atoms. The normalized spacial score (nSPS) is 29.7. The predicted octanol–water partition coefficient (Wildman–Crippen LogP) is 3.04. The Hall–Kier alpha value is -1.09. The zero-order chi connectivity index (χ0) is 24.0. The minimum absolute atomic E-state index is 0.139. The summed E-state index contributed by atoms with van der Waals surface area (Å²) in [6.45, 7) is 16.9. The number of nitrogens with zero attached hydrogens (tertiary/aromatic N) is 2. The number of fused-ring (bicyclic) bond motifs is 1. The van der Waals surface area contributed by atoms with Crippen LogP contribution in [0.15, 0.2) is 17.1 Å². The average Bonchev–Trinajstić information content (AvgIpc) is 2.91. The topological polar surface area (TPSA) is 118 Å². The van der Waals surface area contributed by atoms with E-state index in [-0.39, 0.29) is 34.6 Å². The van der Waals surface area contributed by atoms with E-state index in [1.165, 1.54) is 4.57 Å². The van der Waals surface area contributed by atoms with E-state index in [2.05, 4.69) is 60.4 Å². The van der Waals surface area contributed by atoms with Gasteiger partial charge in [0.25, 0.3) is 0 Å². The number of nitrogens with two attached hydrogens (primary N) is 1. The van der Waals surface area contributed by atoms with Gasteiger partial charge in [0.2, 0.25) is 0 Å².